The summed E-state index contributed by atoms with van der Waals surface area (Å²) < 4.78 is 24.1. The Morgan fingerprint density at radius 3 is 2.52 bits per heavy atom. The Balaban J connectivity index is 1.79. The van der Waals surface area contributed by atoms with Crippen LogP contribution in [0.5, 0.6) is 0 Å². The highest BCUT2D eigenvalue weighted by Gasteiger charge is 2.31. The minimum absolute atomic E-state index is 0.0132. The second-order valence-electron chi connectivity index (χ2n) is 5.91. The zero-order valence-corrected chi connectivity index (χ0v) is 13.8. The van der Waals surface area contributed by atoms with Crippen molar-refractivity contribution in [1.29, 1.82) is 0 Å². The summed E-state index contributed by atoms with van der Waals surface area (Å²) in [6.45, 7) is 0.625. The average molecular weight is 338 g/mol. The first-order valence-electron chi connectivity index (χ1n) is 7.69. The van der Waals surface area contributed by atoms with Gasteiger partial charge in [0.25, 0.3) is 0 Å². The summed E-state index contributed by atoms with van der Waals surface area (Å²) in [6, 6.07) is 9.64. The van der Waals surface area contributed by atoms with E-state index in [4.69, 9.17) is 5.73 Å². The number of hydrogen-bond donors (Lipinski definition) is 1. The maximum atomic E-state index is 12.1. The third-order valence-corrected chi connectivity index (χ3v) is 5.65. The Morgan fingerprint density at radius 1 is 1.22 bits per heavy atom. The molecule has 0 radical (unpaired) electrons. The van der Waals surface area contributed by atoms with Crippen molar-refractivity contribution in [1.82, 2.24) is 4.90 Å². The molecule has 126 valence electrons. The zero-order chi connectivity index (χ0) is 16.9. The van der Waals surface area contributed by atoms with Crippen molar-refractivity contribution in [2.45, 2.75) is 19.3 Å². The maximum Gasteiger partial charge on any atom is 0.237 e. The van der Waals surface area contributed by atoms with Gasteiger partial charge in [0, 0.05) is 13.1 Å². The lowest BCUT2D eigenvalue weighted by molar-refractivity contribution is -0.127. The molecule has 2 N–H and O–H groups in total. The second kappa shape index (κ2) is 7.59. The maximum absolute atomic E-state index is 12.1. The normalized spacial score (nSPS) is 18.1. The van der Waals surface area contributed by atoms with Crippen LogP contribution in [0, 0.1) is 5.92 Å². The first-order chi connectivity index (χ1) is 10.9. The summed E-state index contributed by atoms with van der Waals surface area (Å²) in [6.07, 6.45) is 1.67. The van der Waals surface area contributed by atoms with Crippen LogP contribution in [0.1, 0.15) is 18.4 Å². The van der Waals surface area contributed by atoms with E-state index in [1.807, 2.05) is 30.3 Å². The van der Waals surface area contributed by atoms with Crippen molar-refractivity contribution in [3.05, 3.63) is 35.9 Å². The van der Waals surface area contributed by atoms with Gasteiger partial charge < -0.3 is 10.6 Å². The fraction of sp³-hybridized carbons (Fsp3) is 0.500. The van der Waals surface area contributed by atoms with Crippen molar-refractivity contribution in [2.75, 3.05) is 24.6 Å². The molecule has 1 aromatic carbocycles. The van der Waals surface area contributed by atoms with E-state index in [9.17, 15) is 18.0 Å². The zero-order valence-electron chi connectivity index (χ0n) is 13.0. The van der Waals surface area contributed by atoms with E-state index in [2.05, 4.69) is 0 Å². The average Bonchev–Trinajstić information content (AvgIpc) is 2.98. The van der Waals surface area contributed by atoms with Crippen LogP contribution < -0.4 is 5.73 Å². The first-order valence-corrected chi connectivity index (χ1v) is 9.51. The standard InChI is InChI=1S/C16H22N2O4S/c17-16(20)14-8-9-18(11-14)15(19)12-23(21,22)10-4-7-13-5-2-1-3-6-13/h1-3,5-6,14H,4,7-12H2,(H2,17,20). The van der Waals surface area contributed by atoms with Gasteiger partial charge in [-0.05, 0) is 24.8 Å². The van der Waals surface area contributed by atoms with Crippen LogP contribution in [0.4, 0.5) is 0 Å². The van der Waals surface area contributed by atoms with Crippen LogP contribution in [0.15, 0.2) is 30.3 Å². The highest BCUT2D eigenvalue weighted by atomic mass is 32.2. The van der Waals surface area contributed by atoms with Gasteiger partial charge in [-0.15, -0.1) is 0 Å². The summed E-state index contributed by atoms with van der Waals surface area (Å²) in [7, 11) is -3.43. The third-order valence-electron chi connectivity index (χ3n) is 4.05. The minimum atomic E-state index is -3.43. The van der Waals surface area contributed by atoms with E-state index in [1.54, 1.807) is 0 Å². The lowest BCUT2D eigenvalue weighted by atomic mass is 10.1. The van der Waals surface area contributed by atoms with E-state index in [0.29, 0.717) is 25.8 Å². The lowest BCUT2D eigenvalue weighted by Crippen LogP contribution is -2.36. The van der Waals surface area contributed by atoms with Crippen LogP contribution in [0.3, 0.4) is 0 Å². The summed E-state index contributed by atoms with van der Waals surface area (Å²) in [5.74, 6) is -1.74. The van der Waals surface area contributed by atoms with Crippen LogP contribution >= 0.6 is 0 Å². The fourth-order valence-electron chi connectivity index (χ4n) is 2.71. The van der Waals surface area contributed by atoms with Crippen LogP contribution in [0.25, 0.3) is 0 Å². The van der Waals surface area contributed by atoms with Gasteiger partial charge in [-0.3, -0.25) is 9.59 Å². The lowest BCUT2D eigenvalue weighted by Gasteiger charge is -2.16. The topological polar surface area (TPSA) is 97.5 Å². The molecule has 1 aromatic rings. The molecular formula is C16H22N2O4S. The van der Waals surface area contributed by atoms with E-state index in [1.165, 1.54) is 4.90 Å². The summed E-state index contributed by atoms with van der Waals surface area (Å²) in [4.78, 5) is 24.6. The van der Waals surface area contributed by atoms with Crippen molar-refractivity contribution in [3.8, 4) is 0 Å². The number of carbonyl (C=O) groups is 2. The van der Waals surface area contributed by atoms with Gasteiger partial charge in [-0.1, -0.05) is 30.3 Å². The molecule has 0 aliphatic carbocycles. The number of nitrogens with zero attached hydrogens (tertiary/aromatic N) is 1. The molecule has 0 bridgehead atoms. The van der Waals surface area contributed by atoms with Crippen molar-refractivity contribution in [2.24, 2.45) is 11.7 Å². The van der Waals surface area contributed by atoms with Gasteiger partial charge in [0.2, 0.25) is 11.8 Å². The summed E-state index contributed by atoms with van der Waals surface area (Å²) >= 11 is 0. The molecule has 1 saturated heterocycles. The molecule has 1 unspecified atom stereocenters. The van der Waals surface area contributed by atoms with E-state index in [-0.39, 0.29) is 18.2 Å². The monoisotopic (exact) mass is 338 g/mol. The van der Waals surface area contributed by atoms with Gasteiger partial charge in [0.15, 0.2) is 9.84 Å². The molecule has 0 saturated carbocycles. The van der Waals surface area contributed by atoms with Crippen molar-refractivity contribution >= 4 is 21.7 Å². The van der Waals surface area contributed by atoms with Gasteiger partial charge in [0.1, 0.15) is 5.75 Å². The quantitative estimate of drug-likeness (QED) is 0.776. The van der Waals surface area contributed by atoms with Crippen molar-refractivity contribution < 1.29 is 18.0 Å². The fourth-order valence-corrected chi connectivity index (χ4v) is 4.00. The van der Waals surface area contributed by atoms with E-state index >= 15 is 0 Å². The molecule has 1 atom stereocenters. The van der Waals surface area contributed by atoms with Gasteiger partial charge in [-0.25, -0.2) is 8.42 Å². The molecule has 1 aliphatic heterocycles. The molecule has 0 spiro atoms. The highest BCUT2D eigenvalue weighted by molar-refractivity contribution is 7.92. The number of sulfone groups is 1. The van der Waals surface area contributed by atoms with Gasteiger partial charge in [0.05, 0.1) is 11.7 Å². The number of aryl methyl sites for hydroxylation is 1. The minimum Gasteiger partial charge on any atom is -0.369 e. The molecule has 7 heteroatoms. The first kappa shape index (κ1) is 17.5. The third kappa shape index (κ3) is 5.35. The number of hydrogen-bond acceptors (Lipinski definition) is 4. The number of nitrogens with two attached hydrogens (primary N) is 1. The smallest absolute Gasteiger partial charge is 0.237 e. The molecular weight excluding hydrogens is 316 g/mol. The van der Waals surface area contributed by atoms with Crippen molar-refractivity contribution in [3.63, 3.8) is 0 Å². The largest absolute Gasteiger partial charge is 0.369 e. The van der Waals surface area contributed by atoms with Gasteiger partial charge in [-0.2, -0.15) is 0 Å². The number of benzene rings is 1. The summed E-state index contributed by atoms with van der Waals surface area (Å²) in [5.41, 5.74) is 6.29. The molecule has 0 aromatic heterocycles. The van der Waals surface area contributed by atoms with Crippen LogP contribution in [0.2, 0.25) is 0 Å². The number of rotatable bonds is 7. The molecule has 23 heavy (non-hydrogen) atoms. The second-order valence-corrected chi connectivity index (χ2v) is 8.09. The Morgan fingerprint density at radius 2 is 1.91 bits per heavy atom. The molecule has 1 fully saturated rings. The Labute approximate surface area is 136 Å². The SMILES string of the molecule is NC(=O)C1CCN(C(=O)CS(=O)(=O)CCCc2ccccc2)C1. The van der Waals surface area contributed by atoms with Crippen LogP contribution in [-0.2, 0) is 25.8 Å². The predicted molar refractivity (Wildman–Crippen MR) is 87.3 cm³/mol. The molecule has 1 aliphatic rings. The Hall–Kier alpha value is -1.89. The van der Waals surface area contributed by atoms with E-state index < -0.39 is 27.4 Å². The molecule has 1 heterocycles. The number of amides is 2. The number of primary amides is 1. The molecule has 2 rings (SSSR count). The highest BCUT2D eigenvalue weighted by Crippen LogP contribution is 2.16. The van der Waals surface area contributed by atoms with Gasteiger partial charge >= 0.3 is 0 Å². The predicted octanol–water partition coefficient (Wildman–Crippen LogP) is 0.368. The molecule has 2 amide bonds. The Bertz CT molecular complexity index is 658. The van der Waals surface area contributed by atoms with E-state index in [0.717, 1.165) is 5.56 Å². The number of carbonyl (C=O) groups excluding carboxylic acids is 2. The number of likely N-dealkylation sites (tertiary alicyclic amines) is 1. The Kier molecular flexibility index (Phi) is 5.76. The molecule has 6 nitrogen and oxygen atoms in total. The summed E-state index contributed by atoms with van der Waals surface area (Å²) in [5, 5.41) is 0. The van der Waals surface area contributed by atoms with Crippen LogP contribution in [-0.4, -0.2) is 49.7 Å².